The molecule has 286 valence electrons. The zero-order valence-electron chi connectivity index (χ0n) is 31.2. The average Bonchev–Trinajstić information content (AvgIpc) is 3.74. The summed E-state index contributed by atoms with van der Waals surface area (Å²) in [7, 11) is 0. The molecule has 2 aliphatic heterocycles. The molecule has 0 spiro atoms. The summed E-state index contributed by atoms with van der Waals surface area (Å²) >= 11 is 0. The lowest BCUT2D eigenvalue weighted by molar-refractivity contribution is -0.144. The molecular formula is C36H59N7O8. The maximum atomic E-state index is 14.7. The number of Topliss-reactive ketones (excluding diaryl/α,β-unsaturated/α-hetero) is 1. The molecule has 2 heterocycles. The SMILES string of the molecule is CC1(C)CCN(C[C@@H](NC(=O)N[C@H](C(=O)N2C[C@H](OC(N)=O)C[C@H]2C(=O)NC(CC2CC2)C(=O)C(N)=O)C2(C)CCCCC2)C(C)(C)C)C(=O)C1. The molecule has 0 aromatic rings. The Bertz CT molecular complexity index is 1370. The number of likely N-dealkylation sites (tertiary alicyclic amines) is 2. The van der Waals surface area contributed by atoms with Crippen molar-refractivity contribution in [2.24, 2.45) is 33.6 Å². The standard InChI is InChI=1S/C36H59N7O8/c1-34(2,3)25(20-42-15-14-35(4,5)18-26(42)44)40-33(50)41-28(36(6)12-8-7-9-13-36)31(48)43-19-22(51-32(38)49)17-24(43)30(47)39-23(16-21-10-11-21)27(45)29(37)46/h21-25,28H,7-20H2,1-6H3,(H2,37,46)(H2,38,49)(H,39,47)(H2,40,41,50)/t22-,23?,24+,25-,28-/m1/s1. The van der Waals surface area contributed by atoms with Gasteiger partial charge in [-0.15, -0.1) is 0 Å². The monoisotopic (exact) mass is 717 g/mol. The summed E-state index contributed by atoms with van der Waals surface area (Å²) in [6.07, 6.45) is 5.12. The van der Waals surface area contributed by atoms with Gasteiger partial charge in [0.15, 0.2) is 0 Å². The topological polar surface area (TPSA) is 223 Å². The Morgan fingerprint density at radius 3 is 2.14 bits per heavy atom. The van der Waals surface area contributed by atoms with E-state index in [0.717, 1.165) is 38.5 Å². The van der Waals surface area contributed by atoms with E-state index in [1.807, 2.05) is 27.7 Å². The van der Waals surface area contributed by atoms with E-state index in [2.05, 4.69) is 29.8 Å². The highest BCUT2D eigenvalue weighted by molar-refractivity contribution is 6.37. The third-order valence-corrected chi connectivity index (χ3v) is 11.3. The Morgan fingerprint density at radius 1 is 0.941 bits per heavy atom. The molecule has 4 rings (SSSR count). The molecule has 0 bridgehead atoms. The first-order chi connectivity index (χ1) is 23.7. The molecule has 0 aromatic heterocycles. The third-order valence-electron chi connectivity index (χ3n) is 11.3. The highest BCUT2D eigenvalue weighted by Gasteiger charge is 2.49. The normalized spacial score (nSPS) is 24.9. The van der Waals surface area contributed by atoms with E-state index in [4.69, 9.17) is 16.2 Å². The fraction of sp³-hybridized carbons (Fsp3) is 0.806. The summed E-state index contributed by atoms with van der Waals surface area (Å²) in [4.78, 5) is 94.7. The molecule has 15 heteroatoms. The molecule has 4 fully saturated rings. The average molecular weight is 718 g/mol. The Hall–Kier alpha value is -3.91. The van der Waals surface area contributed by atoms with E-state index in [-0.39, 0.29) is 36.6 Å². The summed E-state index contributed by atoms with van der Waals surface area (Å²) in [6.45, 7) is 12.8. The van der Waals surface area contributed by atoms with E-state index < -0.39 is 76.7 Å². The van der Waals surface area contributed by atoms with Crippen LogP contribution in [-0.2, 0) is 28.7 Å². The number of hydrogen-bond donors (Lipinski definition) is 5. The highest BCUT2D eigenvalue weighted by Crippen LogP contribution is 2.41. The second kappa shape index (κ2) is 15.8. The van der Waals surface area contributed by atoms with E-state index in [1.54, 1.807) is 4.90 Å². The summed E-state index contributed by atoms with van der Waals surface area (Å²) < 4.78 is 5.24. The fourth-order valence-corrected chi connectivity index (χ4v) is 7.70. The first-order valence-corrected chi connectivity index (χ1v) is 18.4. The largest absolute Gasteiger partial charge is 0.444 e. The summed E-state index contributed by atoms with van der Waals surface area (Å²) in [5.41, 5.74) is 9.41. The third kappa shape index (κ3) is 10.6. The minimum Gasteiger partial charge on any atom is -0.444 e. The van der Waals surface area contributed by atoms with Crippen molar-refractivity contribution in [1.29, 1.82) is 0 Å². The van der Waals surface area contributed by atoms with Crippen molar-refractivity contribution in [2.45, 2.75) is 142 Å². The van der Waals surface area contributed by atoms with Crippen LogP contribution in [0.2, 0.25) is 0 Å². The molecule has 5 atom stereocenters. The van der Waals surface area contributed by atoms with Crippen LogP contribution in [0.3, 0.4) is 0 Å². The Morgan fingerprint density at radius 2 is 1.59 bits per heavy atom. The quantitative estimate of drug-likeness (QED) is 0.177. The van der Waals surface area contributed by atoms with Gasteiger partial charge in [0.25, 0.3) is 5.91 Å². The predicted molar refractivity (Wildman–Crippen MR) is 188 cm³/mol. The minimum absolute atomic E-state index is 0.0356. The second-order valence-corrected chi connectivity index (χ2v) is 17.4. The van der Waals surface area contributed by atoms with Gasteiger partial charge in [-0.05, 0) is 47.8 Å². The number of piperidine rings is 1. The van der Waals surface area contributed by atoms with Crippen molar-refractivity contribution in [2.75, 3.05) is 19.6 Å². The zero-order chi connectivity index (χ0) is 37.9. The molecule has 51 heavy (non-hydrogen) atoms. The van der Waals surface area contributed by atoms with E-state index >= 15 is 0 Å². The molecule has 2 saturated heterocycles. The number of carbonyl (C=O) groups excluding carboxylic acids is 7. The second-order valence-electron chi connectivity index (χ2n) is 17.4. The highest BCUT2D eigenvalue weighted by atomic mass is 16.6. The van der Waals surface area contributed by atoms with Crippen molar-refractivity contribution < 1.29 is 38.3 Å². The molecule has 4 aliphatic rings. The van der Waals surface area contributed by atoms with E-state index in [9.17, 15) is 33.6 Å². The van der Waals surface area contributed by atoms with E-state index in [0.29, 0.717) is 32.4 Å². The number of carbonyl (C=O) groups is 7. The van der Waals surface area contributed by atoms with Gasteiger partial charge in [-0.2, -0.15) is 0 Å². The van der Waals surface area contributed by atoms with Crippen LogP contribution in [-0.4, -0.2) is 101 Å². The van der Waals surface area contributed by atoms with E-state index in [1.165, 1.54) is 4.90 Å². The molecule has 2 aliphatic carbocycles. The van der Waals surface area contributed by atoms with Gasteiger partial charge in [-0.3, -0.25) is 24.0 Å². The smallest absolute Gasteiger partial charge is 0.404 e. The summed E-state index contributed by atoms with van der Waals surface area (Å²) in [6, 6.07) is -4.42. The first kappa shape index (κ1) is 39.9. The molecule has 0 aromatic carbocycles. The van der Waals surface area contributed by atoms with Crippen molar-refractivity contribution in [3.8, 4) is 0 Å². The van der Waals surface area contributed by atoms with Gasteiger partial charge >= 0.3 is 12.1 Å². The van der Waals surface area contributed by atoms with Crippen LogP contribution >= 0.6 is 0 Å². The Balaban J connectivity index is 1.58. The van der Waals surface area contributed by atoms with Gasteiger partial charge < -0.3 is 42.0 Å². The lowest BCUT2D eigenvalue weighted by atomic mass is 9.70. The summed E-state index contributed by atoms with van der Waals surface area (Å²) in [5, 5.41) is 8.67. The number of ether oxygens (including phenoxy) is 1. The number of urea groups is 1. The number of primary amides is 2. The lowest BCUT2D eigenvalue weighted by Gasteiger charge is -2.43. The van der Waals surface area contributed by atoms with Crippen LogP contribution in [0.5, 0.6) is 0 Å². The van der Waals surface area contributed by atoms with Gasteiger partial charge in [-0.1, -0.05) is 73.6 Å². The maximum Gasteiger partial charge on any atom is 0.404 e. The van der Waals surface area contributed by atoms with Crippen LogP contribution in [0.15, 0.2) is 0 Å². The van der Waals surface area contributed by atoms with Gasteiger partial charge in [0, 0.05) is 25.9 Å². The van der Waals surface area contributed by atoms with Crippen LogP contribution in [0.25, 0.3) is 0 Å². The van der Waals surface area contributed by atoms with Gasteiger partial charge in [0.2, 0.25) is 23.5 Å². The molecule has 15 nitrogen and oxygen atoms in total. The number of nitrogens with two attached hydrogens (primary N) is 2. The number of amides is 7. The van der Waals surface area contributed by atoms with Crippen molar-refractivity contribution >= 4 is 41.5 Å². The van der Waals surface area contributed by atoms with Crippen LogP contribution in [0.4, 0.5) is 9.59 Å². The molecule has 1 unspecified atom stereocenters. The minimum atomic E-state index is -1.18. The molecule has 0 radical (unpaired) electrons. The Labute approximate surface area is 301 Å². The Kier molecular flexibility index (Phi) is 12.3. The van der Waals surface area contributed by atoms with Crippen molar-refractivity contribution in [1.82, 2.24) is 25.8 Å². The lowest BCUT2D eigenvalue weighted by Crippen LogP contribution is -2.63. The molecule has 7 N–H and O–H groups in total. The number of rotatable bonds is 13. The molecule has 7 amide bonds. The van der Waals surface area contributed by atoms with Crippen LogP contribution in [0.1, 0.15) is 112 Å². The van der Waals surface area contributed by atoms with Crippen LogP contribution in [0, 0.1) is 22.2 Å². The summed E-state index contributed by atoms with van der Waals surface area (Å²) in [5.74, 6) is -3.12. The predicted octanol–water partition coefficient (Wildman–Crippen LogP) is 2.09. The number of hydrogen-bond acceptors (Lipinski definition) is 8. The number of nitrogens with zero attached hydrogens (tertiary/aromatic N) is 2. The van der Waals surface area contributed by atoms with Crippen LogP contribution < -0.4 is 27.4 Å². The van der Waals surface area contributed by atoms with Crippen molar-refractivity contribution in [3.63, 3.8) is 0 Å². The van der Waals surface area contributed by atoms with Gasteiger partial charge in [0.05, 0.1) is 18.6 Å². The number of ketones is 1. The van der Waals surface area contributed by atoms with Gasteiger partial charge in [-0.25, -0.2) is 9.59 Å². The molecular weight excluding hydrogens is 658 g/mol. The number of nitrogens with one attached hydrogen (secondary N) is 3. The van der Waals surface area contributed by atoms with Crippen molar-refractivity contribution in [3.05, 3.63) is 0 Å². The zero-order valence-corrected chi connectivity index (χ0v) is 31.2. The maximum absolute atomic E-state index is 14.7. The van der Waals surface area contributed by atoms with Gasteiger partial charge in [0.1, 0.15) is 18.2 Å². The first-order valence-electron chi connectivity index (χ1n) is 18.4. The molecule has 2 saturated carbocycles. The fourth-order valence-electron chi connectivity index (χ4n) is 7.70.